The van der Waals surface area contributed by atoms with E-state index in [1.165, 1.54) is 54.2 Å². The Labute approximate surface area is 224 Å². The van der Waals surface area contributed by atoms with E-state index in [-0.39, 0.29) is 26.2 Å². The molecule has 7 rings (SSSR count). The van der Waals surface area contributed by atoms with Gasteiger partial charge >= 0.3 is 26.2 Å². The van der Waals surface area contributed by atoms with Crippen molar-refractivity contribution in [2.24, 2.45) is 0 Å². The van der Waals surface area contributed by atoms with Crippen LogP contribution >= 0.6 is 0 Å². The van der Waals surface area contributed by atoms with Gasteiger partial charge in [0.05, 0.1) is 0 Å². The second-order valence-electron chi connectivity index (χ2n) is 8.54. The van der Waals surface area contributed by atoms with Crippen LogP contribution in [0.5, 0.6) is 0 Å². The summed E-state index contributed by atoms with van der Waals surface area (Å²) in [6.07, 6.45) is 0. The molecule has 2 radical (unpaired) electrons. The van der Waals surface area contributed by atoms with E-state index in [0.717, 1.165) is 9.52 Å². The van der Waals surface area contributed by atoms with Crippen LogP contribution in [0.3, 0.4) is 0 Å². The molecule has 0 bridgehead atoms. The van der Waals surface area contributed by atoms with E-state index >= 15 is 0 Å². The third kappa shape index (κ3) is 5.46. The fraction of sp³-hybridized carbons (Fsp3) is 0.0625. The molecular weight excluding hydrogens is 504 g/mol. The number of fused-ring (bicyclic) bond motifs is 5. The molecule has 0 unspecified atom stereocenters. The summed E-state index contributed by atoms with van der Waals surface area (Å²) in [7, 11) is 0.851. The van der Waals surface area contributed by atoms with Crippen molar-refractivity contribution >= 4 is 41.4 Å². The van der Waals surface area contributed by atoms with E-state index in [4.69, 9.17) is 0 Å². The van der Waals surface area contributed by atoms with Crippen molar-refractivity contribution in [3.8, 4) is 11.1 Å². The molecule has 0 fully saturated rings. The van der Waals surface area contributed by atoms with Gasteiger partial charge in [-0.15, -0.1) is 81.2 Å². The van der Waals surface area contributed by atoms with Crippen LogP contribution < -0.4 is 10.4 Å². The van der Waals surface area contributed by atoms with E-state index in [1.807, 2.05) is 0 Å². The molecule has 0 atom stereocenters. The van der Waals surface area contributed by atoms with Gasteiger partial charge in [-0.3, -0.25) is 0 Å². The number of aryl methyl sites for hydroxylation is 2. The van der Waals surface area contributed by atoms with Crippen molar-refractivity contribution < 1.29 is 26.2 Å². The Morgan fingerprint density at radius 1 is 0.500 bits per heavy atom. The van der Waals surface area contributed by atoms with Gasteiger partial charge in [-0.05, 0) is 11.1 Å². The normalized spacial score (nSPS) is 10.9. The van der Waals surface area contributed by atoms with E-state index in [1.54, 1.807) is 0 Å². The van der Waals surface area contributed by atoms with E-state index in [9.17, 15) is 0 Å². The zero-order valence-corrected chi connectivity index (χ0v) is 23.0. The van der Waals surface area contributed by atoms with Crippen molar-refractivity contribution in [2.75, 3.05) is 0 Å². The first kappa shape index (κ1) is 24.3. The summed E-state index contributed by atoms with van der Waals surface area (Å²) in [5, 5.41) is 8.37. The van der Waals surface area contributed by atoms with Crippen LogP contribution in [0.1, 0.15) is 11.1 Å². The third-order valence-corrected chi connectivity index (χ3v) is 7.35. The van der Waals surface area contributed by atoms with Crippen molar-refractivity contribution in [3.05, 3.63) is 132 Å². The maximum atomic E-state index is 2.23. The molecule has 0 saturated heterocycles. The second kappa shape index (κ2) is 11.1. The van der Waals surface area contributed by atoms with Gasteiger partial charge in [-0.2, -0.15) is 12.1 Å². The number of hydrogen-bond acceptors (Lipinski definition) is 0. The minimum absolute atomic E-state index is 0. The molecule has 1 heterocycles. The first-order chi connectivity index (χ1) is 16.2. The fourth-order valence-electron chi connectivity index (χ4n) is 4.41. The average molecular weight is 530 g/mol. The Hall–Kier alpha value is -2.80. The Kier molecular flexibility index (Phi) is 7.93. The van der Waals surface area contributed by atoms with Gasteiger partial charge in [0.2, 0.25) is 0 Å². The third-order valence-electron chi connectivity index (χ3n) is 5.94. The van der Waals surface area contributed by atoms with Crippen LogP contribution in [-0.4, -0.2) is 9.52 Å². The summed E-state index contributed by atoms with van der Waals surface area (Å²) in [5.41, 5.74) is 5.55. The molecule has 6 aromatic carbocycles. The second-order valence-corrected chi connectivity index (χ2v) is 9.87. The van der Waals surface area contributed by atoms with Gasteiger partial charge in [0, 0.05) is 0 Å². The molecule has 34 heavy (non-hydrogen) atoms. The molecule has 0 N–H and O–H groups in total. The fourth-order valence-corrected chi connectivity index (χ4v) is 5.77. The first-order valence-electron chi connectivity index (χ1n) is 11.4. The Balaban J connectivity index is 0.000000121. The minimum Gasteiger partial charge on any atom is -0.165 e. The monoisotopic (exact) mass is 528 g/mol. The van der Waals surface area contributed by atoms with Gasteiger partial charge in [0.25, 0.3) is 0 Å². The number of hydrogen-bond donors (Lipinski definition) is 0. The maximum Gasteiger partial charge on any atom is 2.00 e. The van der Waals surface area contributed by atoms with E-state index in [2.05, 4.69) is 135 Å². The molecule has 162 valence electrons. The number of benzene rings is 4. The summed E-state index contributed by atoms with van der Waals surface area (Å²) in [5.74, 6) is 0. The summed E-state index contributed by atoms with van der Waals surface area (Å²) in [6.45, 7) is 4.25. The summed E-state index contributed by atoms with van der Waals surface area (Å²) >= 11 is 0. The van der Waals surface area contributed by atoms with Crippen molar-refractivity contribution in [1.82, 2.24) is 0 Å². The molecule has 0 amide bonds. The predicted molar refractivity (Wildman–Crippen MR) is 145 cm³/mol. The Morgan fingerprint density at radius 2 is 0.882 bits per heavy atom. The Morgan fingerprint density at radius 3 is 1.32 bits per heavy atom. The van der Waals surface area contributed by atoms with Gasteiger partial charge in [-0.1, -0.05) is 84.9 Å². The van der Waals surface area contributed by atoms with Crippen molar-refractivity contribution in [1.29, 1.82) is 0 Å². The van der Waals surface area contributed by atoms with Gasteiger partial charge in [0.1, 0.15) is 9.52 Å². The molecule has 2 heteroatoms. The van der Waals surface area contributed by atoms with Crippen LogP contribution in [0.15, 0.2) is 121 Å². The van der Waals surface area contributed by atoms with E-state index in [0.29, 0.717) is 0 Å². The summed E-state index contributed by atoms with van der Waals surface area (Å²) in [6, 6.07) is 43.0. The Bertz CT molecular complexity index is 1340. The molecule has 1 aliphatic rings. The molecular formula is C32H26SiZr. The topological polar surface area (TPSA) is 0 Å². The molecule has 1 aliphatic heterocycles. The van der Waals surface area contributed by atoms with Crippen molar-refractivity contribution in [3.63, 3.8) is 0 Å². The minimum atomic E-state index is 0. The van der Waals surface area contributed by atoms with Gasteiger partial charge < -0.3 is 0 Å². The average Bonchev–Trinajstić information content (AvgIpc) is 3.52. The van der Waals surface area contributed by atoms with Crippen LogP contribution in [0.2, 0.25) is 0 Å². The largest absolute Gasteiger partial charge is 2.00 e. The number of rotatable bonds is 0. The van der Waals surface area contributed by atoms with Crippen LogP contribution in [-0.2, 0) is 26.2 Å². The maximum absolute atomic E-state index is 2.23. The molecule has 6 aromatic rings. The molecule has 0 spiro atoms. The summed E-state index contributed by atoms with van der Waals surface area (Å²) in [4.78, 5) is 0. The van der Waals surface area contributed by atoms with Gasteiger partial charge in [0.15, 0.2) is 0 Å². The molecule has 0 saturated carbocycles. The van der Waals surface area contributed by atoms with Crippen LogP contribution in [0.4, 0.5) is 0 Å². The van der Waals surface area contributed by atoms with Crippen LogP contribution in [0, 0.1) is 13.8 Å². The zero-order chi connectivity index (χ0) is 22.6. The summed E-state index contributed by atoms with van der Waals surface area (Å²) < 4.78 is 0. The van der Waals surface area contributed by atoms with Gasteiger partial charge in [-0.25, -0.2) is 0 Å². The predicted octanol–water partition coefficient (Wildman–Crippen LogP) is 7.05. The first-order valence-corrected chi connectivity index (χ1v) is 12.4. The van der Waals surface area contributed by atoms with Crippen molar-refractivity contribution in [2.45, 2.75) is 13.8 Å². The molecule has 0 aromatic heterocycles. The quantitative estimate of drug-likeness (QED) is 0.146. The van der Waals surface area contributed by atoms with E-state index < -0.39 is 0 Å². The van der Waals surface area contributed by atoms with Crippen LogP contribution in [0.25, 0.3) is 32.7 Å². The molecule has 0 aliphatic carbocycles. The molecule has 0 nitrogen and oxygen atoms in total. The SMILES string of the molecule is Cc1cc2ccccc2[cH-]1.Cc1cc2ccccc2[cH-]1.[Zr+2].c1ccc2c(c1)[Si]c1ccccc1-2. The smallest absolute Gasteiger partial charge is 0.165 e. The standard InChI is InChI=1S/C12H8Si.2C10H9.Zr/c1-3-7-11-9(5-1)10-6-2-4-8-12(10)13-11;2*1-8-6-9-4-2-3-5-10(9)7-8;/h1-8H;2*2-7H,1H3;/q;2*-1;+2. The zero-order valence-electron chi connectivity index (χ0n) is 19.5.